The minimum atomic E-state index is -0.178. The van der Waals surface area contributed by atoms with E-state index in [1.54, 1.807) is 12.4 Å². The fourth-order valence-corrected chi connectivity index (χ4v) is 3.99. The maximum absolute atomic E-state index is 12.6. The fraction of sp³-hybridized carbons (Fsp3) is 0.304. The molecule has 0 saturated carbocycles. The number of anilines is 5. The van der Waals surface area contributed by atoms with Crippen molar-refractivity contribution < 1.29 is 4.79 Å². The highest BCUT2D eigenvalue weighted by atomic mass is 16.2. The van der Waals surface area contributed by atoms with Crippen LogP contribution in [0.3, 0.4) is 0 Å². The van der Waals surface area contributed by atoms with E-state index in [9.17, 15) is 4.79 Å². The number of amides is 2. The molecule has 6 bridgehead atoms. The van der Waals surface area contributed by atoms with Crippen molar-refractivity contribution in [3.8, 4) is 0 Å². The molecule has 0 spiro atoms. The van der Waals surface area contributed by atoms with Gasteiger partial charge in [0.25, 0.3) is 0 Å². The van der Waals surface area contributed by atoms with E-state index in [1.165, 1.54) is 0 Å². The first-order valence-electron chi connectivity index (χ1n) is 10.9. The molecule has 1 aromatic carbocycles. The molecule has 2 amide bonds. The van der Waals surface area contributed by atoms with E-state index >= 15 is 0 Å². The van der Waals surface area contributed by atoms with Gasteiger partial charge in [0, 0.05) is 41.9 Å². The van der Waals surface area contributed by atoms with E-state index in [4.69, 9.17) is 0 Å². The fourth-order valence-electron chi connectivity index (χ4n) is 3.99. The number of hydrogen-bond acceptors (Lipinski definition) is 7. The summed E-state index contributed by atoms with van der Waals surface area (Å²) in [5.41, 5.74) is 5.61. The highest BCUT2D eigenvalue weighted by Gasteiger charge is 2.18. The van der Waals surface area contributed by atoms with Crippen molar-refractivity contribution in [2.24, 2.45) is 0 Å². The highest BCUT2D eigenvalue weighted by molar-refractivity contribution is 5.90. The molecule has 4 heterocycles. The Hall–Kier alpha value is -3.72. The van der Waals surface area contributed by atoms with Crippen molar-refractivity contribution in [1.82, 2.24) is 25.6 Å². The lowest BCUT2D eigenvalue weighted by Crippen LogP contribution is -2.39. The molecule has 0 aliphatic carbocycles. The van der Waals surface area contributed by atoms with Crippen molar-refractivity contribution in [3.05, 3.63) is 59.5 Å². The van der Waals surface area contributed by atoms with E-state index in [0.29, 0.717) is 5.95 Å². The van der Waals surface area contributed by atoms with Crippen LogP contribution in [0.2, 0.25) is 0 Å². The standard InChI is InChI=1S/C23H26N8O/c1-14-10-26-22-28-19-8-15(11-25-13-19)2-3-16-9-17(27-21(14)31-22)4-5-20(16)30-23(32)29-18-6-7-24-12-18/h4-5,8-11,13,18,24H,2-3,6-7,12H2,1H3,(H2,29,30,32)(H2,26,27,28,31)/t18-/m0/s1. The largest absolute Gasteiger partial charge is 0.340 e. The number of fused-ring (bicyclic) bond motifs is 6. The Morgan fingerprint density at radius 1 is 1.09 bits per heavy atom. The third kappa shape index (κ3) is 4.62. The van der Waals surface area contributed by atoms with E-state index in [1.807, 2.05) is 25.3 Å². The molecule has 5 rings (SSSR count). The number of nitrogens with one attached hydrogen (secondary N) is 5. The second kappa shape index (κ2) is 8.80. The van der Waals surface area contributed by atoms with Gasteiger partial charge >= 0.3 is 6.03 Å². The Kier molecular flexibility index (Phi) is 5.55. The third-order valence-corrected chi connectivity index (χ3v) is 5.72. The lowest BCUT2D eigenvalue weighted by molar-refractivity contribution is 0.249. The van der Waals surface area contributed by atoms with Crippen LogP contribution in [0.1, 0.15) is 23.1 Å². The molecule has 2 aliphatic rings. The number of aryl methyl sites for hydroxylation is 3. The summed E-state index contributed by atoms with van der Waals surface area (Å²) in [6.07, 6.45) is 7.89. The number of urea groups is 1. The average Bonchev–Trinajstić information content (AvgIpc) is 3.29. The van der Waals surface area contributed by atoms with Crippen molar-refractivity contribution in [2.45, 2.75) is 32.2 Å². The second-order valence-electron chi connectivity index (χ2n) is 8.22. The Labute approximate surface area is 186 Å². The van der Waals surface area contributed by atoms with Crippen LogP contribution < -0.4 is 26.6 Å². The summed E-state index contributed by atoms with van der Waals surface area (Å²) in [5.74, 6) is 1.23. The Morgan fingerprint density at radius 3 is 2.91 bits per heavy atom. The number of benzene rings is 1. The zero-order chi connectivity index (χ0) is 21.9. The molecule has 5 N–H and O–H groups in total. The topological polar surface area (TPSA) is 116 Å². The first kappa shape index (κ1) is 20.2. The van der Waals surface area contributed by atoms with Crippen LogP contribution >= 0.6 is 0 Å². The molecule has 9 nitrogen and oxygen atoms in total. The predicted molar refractivity (Wildman–Crippen MR) is 125 cm³/mol. The van der Waals surface area contributed by atoms with Crippen LogP contribution in [0, 0.1) is 6.92 Å². The number of rotatable bonds is 2. The van der Waals surface area contributed by atoms with E-state index in [-0.39, 0.29) is 12.1 Å². The molecule has 2 aliphatic heterocycles. The van der Waals surface area contributed by atoms with E-state index in [2.05, 4.69) is 53.7 Å². The Balaban J connectivity index is 1.46. The van der Waals surface area contributed by atoms with Crippen LogP contribution in [0.25, 0.3) is 0 Å². The molecule has 2 aromatic heterocycles. The van der Waals surface area contributed by atoms with Gasteiger partial charge in [0.2, 0.25) is 5.95 Å². The number of aromatic nitrogens is 3. The summed E-state index contributed by atoms with van der Waals surface area (Å²) >= 11 is 0. The normalized spacial score (nSPS) is 17.1. The average molecular weight is 431 g/mol. The van der Waals surface area contributed by atoms with Crippen molar-refractivity contribution >= 4 is 34.9 Å². The van der Waals surface area contributed by atoms with Crippen molar-refractivity contribution in [1.29, 1.82) is 0 Å². The van der Waals surface area contributed by atoms with Crippen LogP contribution in [-0.2, 0) is 12.8 Å². The van der Waals surface area contributed by atoms with Gasteiger partial charge in [0.1, 0.15) is 5.82 Å². The molecule has 32 heavy (non-hydrogen) atoms. The smallest absolute Gasteiger partial charge is 0.319 e. The van der Waals surface area contributed by atoms with Gasteiger partial charge in [-0.1, -0.05) is 0 Å². The van der Waals surface area contributed by atoms with Crippen molar-refractivity contribution in [2.75, 3.05) is 29.0 Å². The van der Waals surface area contributed by atoms with Gasteiger partial charge in [-0.2, -0.15) is 4.98 Å². The quantitative estimate of drug-likeness (QED) is 0.424. The lowest BCUT2D eigenvalue weighted by atomic mass is 10.0. The molecule has 9 heteroatoms. The van der Waals surface area contributed by atoms with Crippen LogP contribution in [0.5, 0.6) is 0 Å². The third-order valence-electron chi connectivity index (χ3n) is 5.72. The highest BCUT2D eigenvalue weighted by Crippen LogP contribution is 2.27. The van der Waals surface area contributed by atoms with Gasteiger partial charge in [-0.15, -0.1) is 0 Å². The van der Waals surface area contributed by atoms with Crippen LogP contribution in [-0.4, -0.2) is 40.1 Å². The molecular formula is C23H26N8O. The maximum atomic E-state index is 12.6. The van der Waals surface area contributed by atoms with Crippen LogP contribution in [0.15, 0.2) is 42.9 Å². The van der Waals surface area contributed by atoms with Gasteiger partial charge in [-0.05, 0) is 68.1 Å². The molecule has 0 radical (unpaired) electrons. The number of nitrogens with zero attached hydrogens (tertiary/aromatic N) is 3. The molecule has 164 valence electrons. The first-order chi connectivity index (χ1) is 15.6. The summed E-state index contributed by atoms with van der Waals surface area (Å²) in [6, 6.07) is 7.99. The monoisotopic (exact) mass is 430 g/mol. The maximum Gasteiger partial charge on any atom is 0.319 e. The molecule has 3 aromatic rings. The SMILES string of the molecule is Cc1cnc2nc1Nc1ccc(NC(=O)N[C@H]3CCNC3)c(c1)CCc1cncc(c1)N2. The number of pyridine rings is 1. The molecule has 1 fully saturated rings. The van der Waals surface area contributed by atoms with Gasteiger partial charge in [-0.25, -0.2) is 9.78 Å². The van der Waals surface area contributed by atoms with E-state index < -0.39 is 0 Å². The van der Waals surface area contributed by atoms with Gasteiger partial charge in [0.15, 0.2) is 0 Å². The molecule has 0 unspecified atom stereocenters. The predicted octanol–water partition coefficient (Wildman–Crippen LogP) is 3.25. The number of carbonyl (C=O) groups is 1. The summed E-state index contributed by atoms with van der Waals surface area (Å²) in [7, 11) is 0. The summed E-state index contributed by atoms with van der Waals surface area (Å²) in [6.45, 7) is 3.70. The number of hydrogen-bond donors (Lipinski definition) is 5. The zero-order valence-corrected chi connectivity index (χ0v) is 17.9. The first-order valence-corrected chi connectivity index (χ1v) is 10.9. The molecular weight excluding hydrogens is 404 g/mol. The van der Waals surface area contributed by atoms with E-state index in [0.717, 1.165) is 71.9 Å². The molecule has 1 saturated heterocycles. The lowest BCUT2D eigenvalue weighted by Gasteiger charge is -2.17. The van der Waals surface area contributed by atoms with Crippen LogP contribution in [0.4, 0.5) is 33.6 Å². The van der Waals surface area contributed by atoms with Gasteiger partial charge in [0.05, 0.1) is 11.9 Å². The zero-order valence-electron chi connectivity index (χ0n) is 17.9. The Bertz CT molecular complexity index is 1140. The summed E-state index contributed by atoms with van der Waals surface area (Å²) in [4.78, 5) is 25.9. The minimum Gasteiger partial charge on any atom is -0.340 e. The molecule has 1 atom stereocenters. The minimum absolute atomic E-state index is 0.164. The summed E-state index contributed by atoms with van der Waals surface area (Å²) in [5, 5.41) is 16.0. The van der Waals surface area contributed by atoms with Gasteiger partial charge < -0.3 is 26.6 Å². The Morgan fingerprint density at radius 2 is 2.03 bits per heavy atom. The second-order valence-corrected chi connectivity index (χ2v) is 8.22. The van der Waals surface area contributed by atoms with Crippen molar-refractivity contribution in [3.63, 3.8) is 0 Å². The summed E-state index contributed by atoms with van der Waals surface area (Å²) < 4.78 is 0. The van der Waals surface area contributed by atoms with Gasteiger partial charge in [-0.3, -0.25) is 4.98 Å². The number of carbonyl (C=O) groups excluding carboxylic acids is 1.